The van der Waals surface area contributed by atoms with Crippen LogP contribution < -0.4 is 0 Å². The monoisotopic (exact) mass is 264 g/mol. The van der Waals surface area contributed by atoms with Gasteiger partial charge in [0.2, 0.25) is 6.29 Å². The van der Waals surface area contributed by atoms with E-state index in [-0.39, 0.29) is 0 Å². The molecule has 1 aliphatic rings. The fourth-order valence-electron chi connectivity index (χ4n) is 2.71. The molecule has 0 bridgehead atoms. The van der Waals surface area contributed by atoms with E-state index in [2.05, 4.69) is 23.8 Å². The number of aromatic nitrogens is 2. The Hall–Kier alpha value is -1.00. The smallest absolute Gasteiger partial charge is 0.200 e. The molecule has 0 aliphatic heterocycles. The molecule has 0 atom stereocenters. The Morgan fingerprint density at radius 3 is 2.42 bits per heavy atom. The molecule has 0 spiro atoms. The Labute approximate surface area is 115 Å². The van der Waals surface area contributed by atoms with Crippen molar-refractivity contribution < 1.29 is 9.47 Å². The minimum atomic E-state index is -0.401. The van der Waals surface area contributed by atoms with E-state index >= 15 is 0 Å². The van der Waals surface area contributed by atoms with Crippen molar-refractivity contribution in [3.8, 4) is 0 Å². The van der Waals surface area contributed by atoms with Gasteiger partial charge in [0.15, 0.2) is 0 Å². The molecule has 1 aliphatic carbocycles. The van der Waals surface area contributed by atoms with E-state index in [9.17, 15) is 0 Å². The summed E-state index contributed by atoms with van der Waals surface area (Å²) in [6.45, 7) is 4.68. The maximum Gasteiger partial charge on any atom is 0.200 e. The predicted molar refractivity (Wildman–Crippen MR) is 73.8 cm³/mol. The van der Waals surface area contributed by atoms with E-state index in [1.807, 2.05) is 12.3 Å². The normalized spacial score (nSPS) is 19.8. The fourth-order valence-corrected chi connectivity index (χ4v) is 2.71. The van der Waals surface area contributed by atoms with Crippen molar-refractivity contribution in [1.82, 2.24) is 9.97 Å². The van der Waals surface area contributed by atoms with Crippen molar-refractivity contribution >= 4 is 0 Å². The number of nitrogens with zero attached hydrogens (tertiary/aromatic N) is 2. The number of methoxy groups -OCH3 is 2. The summed E-state index contributed by atoms with van der Waals surface area (Å²) in [7, 11) is 3.25. The zero-order chi connectivity index (χ0) is 13.9. The van der Waals surface area contributed by atoms with Crippen LogP contribution in [0.25, 0.3) is 0 Å². The highest BCUT2D eigenvalue weighted by molar-refractivity contribution is 5.08. The molecule has 1 fully saturated rings. The maximum atomic E-state index is 5.25. The molecule has 0 saturated heterocycles. The molecule has 0 amide bonds. The summed E-state index contributed by atoms with van der Waals surface area (Å²) in [6, 6.07) is 1.86. The quantitative estimate of drug-likeness (QED) is 0.781. The first-order valence-electron chi connectivity index (χ1n) is 6.94. The van der Waals surface area contributed by atoms with Crippen LogP contribution in [0.4, 0.5) is 0 Å². The maximum absolute atomic E-state index is 5.25. The van der Waals surface area contributed by atoms with Gasteiger partial charge < -0.3 is 9.47 Å². The molecule has 0 N–H and O–H groups in total. The van der Waals surface area contributed by atoms with E-state index in [1.165, 1.54) is 25.7 Å². The van der Waals surface area contributed by atoms with Gasteiger partial charge in [-0.1, -0.05) is 13.8 Å². The van der Waals surface area contributed by atoms with Crippen LogP contribution in [-0.2, 0) is 9.47 Å². The van der Waals surface area contributed by atoms with E-state index in [4.69, 9.17) is 9.47 Å². The van der Waals surface area contributed by atoms with Gasteiger partial charge in [-0.25, -0.2) is 9.97 Å². The first-order valence-corrected chi connectivity index (χ1v) is 6.94. The van der Waals surface area contributed by atoms with Crippen LogP contribution in [0.3, 0.4) is 0 Å². The van der Waals surface area contributed by atoms with Crippen molar-refractivity contribution in [3.63, 3.8) is 0 Å². The van der Waals surface area contributed by atoms with E-state index < -0.39 is 6.29 Å². The molecule has 0 unspecified atom stereocenters. The standard InChI is InChI=1S/C15H24N2O2/c1-15(2)8-5-11(6-9-15)13-16-10-7-12(17-13)14(18-3)19-4/h7,10-11,14H,5-6,8-9H2,1-4H3. The average molecular weight is 264 g/mol. The summed E-state index contributed by atoms with van der Waals surface area (Å²) in [6.07, 6.45) is 6.22. The summed E-state index contributed by atoms with van der Waals surface area (Å²) < 4.78 is 10.5. The lowest BCUT2D eigenvalue weighted by Crippen LogP contribution is -2.21. The highest BCUT2D eigenvalue weighted by Crippen LogP contribution is 2.41. The largest absolute Gasteiger partial charge is 0.350 e. The van der Waals surface area contributed by atoms with Gasteiger partial charge in [-0.2, -0.15) is 0 Å². The second kappa shape index (κ2) is 5.97. The molecule has 0 radical (unpaired) electrons. The van der Waals surface area contributed by atoms with Gasteiger partial charge in [0.05, 0.1) is 5.69 Å². The van der Waals surface area contributed by atoms with Crippen LogP contribution in [0, 0.1) is 5.41 Å². The average Bonchev–Trinajstić information content (AvgIpc) is 2.40. The van der Waals surface area contributed by atoms with E-state index in [0.29, 0.717) is 11.3 Å². The van der Waals surface area contributed by atoms with Crippen molar-refractivity contribution in [2.24, 2.45) is 5.41 Å². The van der Waals surface area contributed by atoms with Crippen LogP contribution in [0.5, 0.6) is 0 Å². The highest BCUT2D eigenvalue weighted by atomic mass is 16.7. The number of ether oxygens (including phenoxy) is 2. The van der Waals surface area contributed by atoms with E-state index in [1.54, 1.807) is 14.2 Å². The molecular weight excluding hydrogens is 240 g/mol. The number of hydrogen-bond donors (Lipinski definition) is 0. The lowest BCUT2D eigenvalue weighted by Gasteiger charge is -2.33. The van der Waals surface area contributed by atoms with Crippen molar-refractivity contribution in [2.45, 2.75) is 51.7 Å². The van der Waals surface area contributed by atoms with E-state index in [0.717, 1.165) is 11.5 Å². The summed E-state index contributed by atoms with van der Waals surface area (Å²) in [5.74, 6) is 1.41. The lowest BCUT2D eigenvalue weighted by atomic mass is 9.73. The molecule has 1 aromatic heterocycles. The Kier molecular flexibility index (Phi) is 4.53. The third-order valence-electron chi connectivity index (χ3n) is 4.07. The Morgan fingerprint density at radius 1 is 1.21 bits per heavy atom. The van der Waals surface area contributed by atoms with Crippen molar-refractivity contribution in [3.05, 3.63) is 23.8 Å². The van der Waals surface area contributed by atoms with Crippen LogP contribution >= 0.6 is 0 Å². The highest BCUT2D eigenvalue weighted by Gasteiger charge is 2.29. The number of hydrogen-bond acceptors (Lipinski definition) is 4. The van der Waals surface area contributed by atoms with Gasteiger partial charge in [-0.05, 0) is 37.2 Å². The van der Waals surface area contributed by atoms with Crippen LogP contribution in [0.15, 0.2) is 12.3 Å². The SMILES string of the molecule is COC(OC)c1ccnc(C2CCC(C)(C)CC2)n1. The second-order valence-electron chi connectivity index (χ2n) is 6.08. The zero-order valence-corrected chi connectivity index (χ0v) is 12.3. The topological polar surface area (TPSA) is 44.2 Å². The van der Waals surface area contributed by atoms with Crippen LogP contribution in [0.1, 0.15) is 63.3 Å². The molecule has 1 heterocycles. The Morgan fingerprint density at radius 2 is 1.84 bits per heavy atom. The summed E-state index contributed by atoms with van der Waals surface area (Å²) >= 11 is 0. The van der Waals surface area contributed by atoms with Gasteiger partial charge in [-0.3, -0.25) is 0 Å². The van der Waals surface area contributed by atoms with Gasteiger partial charge in [-0.15, -0.1) is 0 Å². The van der Waals surface area contributed by atoms with Gasteiger partial charge in [0.1, 0.15) is 5.82 Å². The summed E-state index contributed by atoms with van der Waals surface area (Å²) in [5.41, 5.74) is 1.27. The minimum Gasteiger partial charge on any atom is -0.350 e. The molecule has 19 heavy (non-hydrogen) atoms. The van der Waals surface area contributed by atoms with Gasteiger partial charge >= 0.3 is 0 Å². The Balaban J connectivity index is 2.11. The van der Waals surface area contributed by atoms with Crippen LogP contribution in [0.2, 0.25) is 0 Å². The van der Waals surface area contributed by atoms with Crippen molar-refractivity contribution in [2.75, 3.05) is 14.2 Å². The first kappa shape index (κ1) is 14.4. The molecule has 4 heteroatoms. The molecular formula is C15H24N2O2. The van der Waals surface area contributed by atoms with Crippen LogP contribution in [-0.4, -0.2) is 24.2 Å². The van der Waals surface area contributed by atoms with Crippen molar-refractivity contribution in [1.29, 1.82) is 0 Å². The lowest BCUT2D eigenvalue weighted by molar-refractivity contribution is -0.108. The van der Waals surface area contributed by atoms with Gasteiger partial charge in [0.25, 0.3) is 0 Å². The summed E-state index contributed by atoms with van der Waals surface area (Å²) in [5, 5.41) is 0. The summed E-state index contributed by atoms with van der Waals surface area (Å²) in [4.78, 5) is 9.06. The molecule has 4 nitrogen and oxygen atoms in total. The Bertz CT molecular complexity index is 406. The molecule has 1 saturated carbocycles. The second-order valence-corrected chi connectivity index (χ2v) is 6.08. The van der Waals surface area contributed by atoms with Gasteiger partial charge in [0, 0.05) is 26.3 Å². The molecule has 2 rings (SSSR count). The fraction of sp³-hybridized carbons (Fsp3) is 0.733. The molecule has 106 valence electrons. The molecule has 0 aromatic carbocycles. The third kappa shape index (κ3) is 3.51. The molecule has 1 aromatic rings. The minimum absolute atomic E-state index is 0.401. The zero-order valence-electron chi connectivity index (χ0n) is 12.3. The third-order valence-corrected chi connectivity index (χ3v) is 4.07. The first-order chi connectivity index (χ1) is 9.05. The predicted octanol–water partition coefficient (Wildman–Crippen LogP) is 3.45. The number of rotatable bonds is 4.